The maximum Gasteiger partial charge on any atom is 0.413 e. The van der Waals surface area contributed by atoms with E-state index in [0.29, 0.717) is 12.2 Å². The van der Waals surface area contributed by atoms with Gasteiger partial charge in [0.25, 0.3) is 0 Å². The number of benzene rings is 1. The molecule has 1 amide bonds. The first-order valence-corrected chi connectivity index (χ1v) is 6.81. The first-order valence-electron chi connectivity index (χ1n) is 6.81. The summed E-state index contributed by atoms with van der Waals surface area (Å²) < 4.78 is 9.78. The second-order valence-electron chi connectivity index (χ2n) is 4.25. The van der Waals surface area contributed by atoms with Crippen LogP contribution in [0.25, 0.3) is 0 Å². The van der Waals surface area contributed by atoms with Gasteiger partial charge in [-0.15, -0.1) is 0 Å². The summed E-state index contributed by atoms with van der Waals surface area (Å²) in [6, 6.07) is 7.03. The minimum Gasteiger partial charge on any atom is -0.464 e. The van der Waals surface area contributed by atoms with Gasteiger partial charge >= 0.3 is 12.1 Å². The van der Waals surface area contributed by atoms with Crippen LogP contribution in [0.15, 0.2) is 30.3 Å². The van der Waals surface area contributed by atoms with Crippen molar-refractivity contribution in [1.29, 1.82) is 0 Å². The van der Waals surface area contributed by atoms with Gasteiger partial charge in [0.1, 0.15) is 5.75 Å². The topological polar surface area (TPSA) is 81.7 Å². The number of esters is 1. The number of nitrogens with one attached hydrogen (secondary N) is 1. The number of ketones is 1. The number of amides is 1. The van der Waals surface area contributed by atoms with Crippen molar-refractivity contribution in [3.05, 3.63) is 30.3 Å². The van der Waals surface area contributed by atoms with E-state index < -0.39 is 23.9 Å². The second-order valence-corrected chi connectivity index (χ2v) is 4.25. The Morgan fingerprint density at radius 2 is 1.81 bits per heavy atom. The Morgan fingerprint density at radius 1 is 1.14 bits per heavy atom. The maximum absolute atomic E-state index is 11.9. The van der Waals surface area contributed by atoms with Gasteiger partial charge in [-0.2, -0.15) is 0 Å². The van der Waals surface area contributed by atoms with Gasteiger partial charge in [0.05, 0.1) is 6.61 Å². The highest BCUT2D eigenvalue weighted by molar-refractivity contribution is 6.05. The van der Waals surface area contributed by atoms with Crippen molar-refractivity contribution >= 4 is 17.8 Å². The zero-order valence-electron chi connectivity index (χ0n) is 12.1. The highest BCUT2D eigenvalue weighted by Crippen LogP contribution is 2.09. The van der Waals surface area contributed by atoms with E-state index in [9.17, 15) is 14.4 Å². The fraction of sp³-hybridized carbons (Fsp3) is 0.400. The van der Waals surface area contributed by atoms with Gasteiger partial charge in [-0.05, 0) is 25.5 Å². The lowest BCUT2D eigenvalue weighted by Crippen LogP contribution is -2.48. The number of para-hydroxylation sites is 1. The van der Waals surface area contributed by atoms with E-state index >= 15 is 0 Å². The predicted molar refractivity (Wildman–Crippen MR) is 75.9 cm³/mol. The predicted octanol–water partition coefficient (Wildman–Crippen LogP) is 2.08. The molecule has 0 aliphatic carbocycles. The summed E-state index contributed by atoms with van der Waals surface area (Å²) in [4.78, 5) is 35.4. The molecule has 6 heteroatoms. The molecule has 114 valence electrons. The Labute approximate surface area is 123 Å². The Morgan fingerprint density at radius 3 is 2.38 bits per heavy atom. The summed E-state index contributed by atoms with van der Waals surface area (Å²) >= 11 is 0. The SMILES string of the molecule is CCCC(=O)C(NC(=O)Oc1ccccc1)C(=O)OCC. The quantitative estimate of drug-likeness (QED) is 0.615. The third kappa shape index (κ3) is 5.64. The molecule has 0 fully saturated rings. The second kappa shape index (κ2) is 8.73. The molecule has 1 rings (SSSR count). The van der Waals surface area contributed by atoms with Crippen LogP contribution in [-0.2, 0) is 14.3 Å². The van der Waals surface area contributed by atoms with Gasteiger partial charge < -0.3 is 14.8 Å². The number of carbonyl (C=O) groups is 3. The standard InChI is InChI=1S/C15H19NO5/c1-3-8-12(17)13(14(18)20-4-2)16-15(19)21-11-9-6-5-7-10-11/h5-7,9-10,13H,3-4,8H2,1-2H3,(H,16,19). The molecule has 0 aliphatic heterocycles. The van der Waals surface area contributed by atoms with Crippen LogP contribution in [-0.4, -0.2) is 30.5 Å². The molecule has 1 aromatic rings. The van der Waals surface area contributed by atoms with Crippen LogP contribution in [0.3, 0.4) is 0 Å². The van der Waals surface area contributed by atoms with Crippen LogP contribution in [0.1, 0.15) is 26.7 Å². The first-order chi connectivity index (χ1) is 10.1. The zero-order chi connectivity index (χ0) is 15.7. The van der Waals surface area contributed by atoms with E-state index in [1.807, 2.05) is 6.92 Å². The molecule has 0 radical (unpaired) electrons. The van der Waals surface area contributed by atoms with Crippen molar-refractivity contribution in [1.82, 2.24) is 5.32 Å². The summed E-state index contributed by atoms with van der Waals surface area (Å²) in [6.45, 7) is 3.56. The van der Waals surface area contributed by atoms with Crippen LogP contribution >= 0.6 is 0 Å². The Kier molecular flexibility index (Phi) is 6.94. The normalized spacial score (nSPS) is 11.3. The molecule has 1 atom stereocenters. The number of rotatable bonds is 7. The van der Waals surface area contributed by atoms with E-state index in [1.54, 1.807) is 37.3 Å². The van der Waals surface area contributed by atoms with Crippen molar-refractivity contribution in [3.63, 3.8) is 0 Å². The monoisotopic (exact) mass is 293 g/mol. The van der Waals surface area contributed by atoms with Crippen LogP contribution in [0.5, 0.6) is 5.75 Å². The molecule has 0 saturated heterocycles. The summed E-state index contributed by atoms with van der Waals surface area (Å²) in [7, 11) is 0. The van der Waals surface area contributed by atoms with Crippen molar-refractivity contribution in [2.24, 2.45) is 0 Å². The number of hydrogen-bond donors (Lipinski definition) is 1. The molecule has 21 heavy (non-hydrogen) atoms. The number of ether oxygens (including phenoxy) is 2. The van der Waals surface area contributed by atoms with Crippen LogP contribution in [0.4, 0.5) is 4.79 Å². The summed E-state index contributed by atoms with van der Waals surface area (Å²) in [5, 5.41) is 2.25. The van der Waals surface area contributed by atoms with Gasteiger partial charge in [-0.1, -0.05) is 25.1 Å². The van der Waals surface area contributed by atoms with Gasteiger partial charge in [0, 0.05) is 6.42 Å². The third-order valence-corrected chi connectivity index (χ3v) is 2.56. The fourth-order valence-corrected chi connectivity index (χ4v) is 1.63. The molecule has 0 aliphatic rings. The molecule has 0 heterocycles. The van der Waals surface area contributed by atoms with Gasteiger partial charge in [0.15, 0.2) is 11.8 Å². The van der Waals surface area contributed by atoms with Crippen LogP contribution in [0.2, 0.25) is 0 Å². The Hall–Kier alpha value is -2.37. The zero-order valence-corrected chi connectivity index (χ0v) is 12.1. The minimum atomic E-state index is -1.33. The van der Waals surface area contributed by atoms with Crippen LogP contribution in [0, 0.1) is 0 Å². The summed E-state index contributed by atoms with van der Waals surface area (Å²) in [5.41, 5.74) is 0. The lowest BCUT2D eigenvalue weighted by Gasteiger charge is -2.15. The molecule has 0 aromatic heterocycles. The molecule has 1 aromatic carbocycles. The van der Waals surface area contributed by atoms with Crippen molar-refractivity contribution in [2.45, 2.75) is 32.7 Å². The van der Waals surface area contributed by atoms with Crippen molar-refractivity contribution in [3.8, 4) is 5.75 Å². The van der Waals surface area contributed by atoms with Gasteiger partial charge in [-0.3, -0.25) is 4.79 Å². The maximum atomic E-state index is 11.9. The van der Waals surface area contributed by atoms with E-state index in [1.165, 1.54) is 0 Å². The van der Waals surface area contributed by atoms with Gasteiger partial charge in [0.2, 0.25) is 0 Å². The molecule has 0 bridgehead atoms. The average Bonchev–Trinajstić information content (AvgIpc) is 2.46. The van der Waals surface area contributed by atoms with E-state index in [4.69, 9.17) is 9.47 Å². The lowest BCUT2D eigenvalue weighted by atomic mass is 10.1. The van der Waals surface area contributed by atoms with E-state index in [2.05, 4.69) is 5.32 Å². The molecular formula is C15H19NO5. The third-order valence-electron chi connectivity index (χ3n) is 2.56. The fourth-order valence-electron chi connectivity index (χ4n) is 1.63. The first kappa shape index (κ1) is 16.7. The largest absolute Gasteiger partial charge is 0.464 e. The van der Waals surface area contributed by atoms with Crippen molar-refractivity contribution in [2.75, 3.05) is 6.61 Å². The molecular weight excluding hydrogens is 274 g/mol. The van der Waals surface area contributed by atoms with E-state index in [0.717, 1.165) is 0 Å². The Bertz CT molecular complexity index is 468. The number of carbonyl (C=O) groups excluding carboxylic acids is 3. The Balaban J connectivity index is 2.69. The van der Waals surface area contributed by atoms with Crippen LogP contribution < -0.4 is 10.1 Å². The molecule has 0 spiro atoms. The molecule has 1 unspecified atom stereocenters. The minimum absolute atomic E-state index is 0.129. The highest BCUT2D eigenvalue weighted by atomic mass is 16.6. The smallest absolute Gasteiger partial charge is 0.413 e. The molecule has 0 saturated carbocycles. The number of hydrogen-bond acceptors (Lipinski definition) is 5. The van der Waals surface area contributed by atoms with E-state index in [-0.39, 0.29) is 13.0 Å². The van der Waals surface area contributed by atoms with Crippen molar-refractivity contribution < 1.29 is 23.9 Å². The van der Waals surface area contributed by atoms with Gasteiger partial charge in [-0.25, -0.2) is 9.59 Å². The lowest BCUT2D eigenvalue weighted by molar-refractivity contribution is -0.148. The number of Topliss-reactive ketones (excluding diaryl/α,β-unsaturated/α-hetero) is 1. The molecule has 6 nitrogen and oxygen atoms in total. The summed E-state index contributed by atoms with van der Waals surface area (Å²) in [5.74, 6) is -0.859. The molecule has 1 N–H and O–H groups in total. The average molecular weight is 293 g/mol. The summed E-state index contributed by atoms with van der Waals surface area (Å²) in [6.07, 6.45) is -0.122. The highest BCUT2D eigenvalue weighted by Gasteiger charge is 2.29.